The van der Waals surface area contributed by atoms with Gasteiger partial charge in [-0.05, 0) is 62.4 Å². The van der Waals surface area contributed by atoms with Gasteiger partial charge in [0.05, 0.1) is 24.3 Å². The van der Waals surface area contributed by atoms with Gasteiger partial charge in [-0.15, -0.1) is 0 Å². The topological polar surface area (TPSA) is 78.0 Å². The van der Waals surface area contributed by atoms with Crippen molar-refractivity contribution in [3.63, 3.8) is 0 Å². The van der Waals surface area contributed by atoms with E-state index in [1.807, 2.05) is 38.1 Å². The van der Waals surface area contributed by atoms with Crippen LogP contribution in [0.5, 0.6) is 0 Å². The van der Waals surface area contributed by atoms with Gasteiger partial charge in [-0.1, -0.05) is 32.4 Å². The molecule has 8 heteroatoms. The SMILES string of the molecule is CC(C)[C@@H]1C(=O)N(S(C)(=O)=O)[C@@H]2CCN(C(=O)c3ccc(CCN4CCCCC4)cc3)[C@H]21. The molecule has 0 aliphatic carbocycles. The molecule has 0 unspecified atom stereocenters. The van der Waals surface area contributed by atoms with E-state index in [-0.39, 0.29) is 17.7 Å². The summed E-state index contributed by atoms with van der Waals surface area (Å²) in [6, 6.07) is 6.93. The van der Waals surface area contributed by atoms with Gasteiger partial charge in [0.1, 0.15) is 0 Å². The highest BCUT2D eigenvalue weighted by Gasteiger charge is 2.58. The standard InChI is InChI=1S/C24H35N3O4S/c1-17(2)21-22-20(27(24(21)29)32(3,30)31)12-16-26(22)23(28)19-9-7-18(8-10-19)11-15-25-13-5-4-6-14-25/h7-10,17,20-22H,4-6,11-16H2,1-3H3/t20-,21+,22-/m1/s1. The molecule has 7 nitrogen and oxygen atoms in total. The third-order valence-electron chi connectivity index (χ3n) is 7.29. The first-order valence-electron chi connectivity index (χ1n) is 11.8. The Labute approximate surface area is 191 Å². The van der Waals surface area contributed by atoms with E-state index in [0.29, 0.717) is 18.5 Å². The molecule has 3 fully saturated rings. The first-order chi connectivity index (χ1) is 15.2. The van der Waals surface area contributed by atoms with Crippen molar-refractivity contribution in [1.82, 2.24) is 14.1 Å². The molecule has 0 N–H and O–H groups in total. The second kappa shape index (κ2) is 9.14. The molecule has 2 amide bonds. The molecule has 0 saturated carbocycles. The molecule has 1 aromatic carbocycles. The number of nitrogens with zero attached hydrogens (tertiary/aromatic N) is 3. The number of hydrogen-bond donors (Lipinski definition) is 0. The fourth-order valence-corrected chi connectivity index (χ4v) is 6.89. The van der Waals surface area contributed by atoms with Crippen molar-refractivity contribution in [1.29, 1.82) is 0 Å². The van der Waals surface area contributed by atoms with Crippen LogP contribution in [-0.4, -0.2) is 78.9 Å². The Morgan fingerprint density at radius 3 is 2.31 bits per heavy atom. The Bertz CT molecular complexity index is 954. The highest BCUT2D eigenvalue weighted by Crippen LogP contribution is 2.41. The maximum absolute atomic E-state index is 13.4. The number of carbonyl (C=O) groups excluding carboxylic acids is 2. The summed E-state index contributed by atoms with van der Waals surface area (Å²) in [5.74, 6) is -1.03. The lowest BCUT2D eigenvalue weighted by Gasteiger charge is -2.29. The Balaban J connectivity index is 1.47. The van der Waals surface area contributed by atoms with Crippen LogP contribution in [0.4, 0.5) is 0 Å². The van der Waals surface area contributed by atoms with E-state index >= 15 is 0 Å². The Morgan fingerprint density at radius 2 is 1.72 bits per heavy atom. The molecule has 1 aromatic rings. The average molecular weight is 462 g/mol. The predicted molar refractivity (Wildman–Crippen MR) is 124 cm³/mol. The second-order valence-electron chi connectivity index (χ2n) is 9.86. The van der Waals surface area contributed by atoms with Crippen LogP contribution in [0.25, 0.3) is 0 Å². The van der Waals surface area contributed by atoms with Crippen molar-refractivity contribution < 1.29 is 18.0 Å². The van der Waals surface area contributed by atoms with Gasteiger partial charge in [0.15, 0.2) is 0 Å². The molecular formula is C24H35N3O4S. The molecule has 3 saturated heterocycles. The van der Waals surface area contributed by atoms with Gasteiger partial charge in [-0.25, -0.2) is 12.7 Å². The van der Waals surface area contributed by atoms with Gasteiger partial charge in [0, 0.05) is 18.7 Å². The lowest BCUT2D eigenvalue weighted by molar-refractivity contribution is -0.129. The molecule has 3 aliphatic heterocycles. The fourth-order valence-electron chi connectivity index (χ4n) is 5.72. The van der Waals surface area contributed by atoms with E-state index in [1.54, 1.807) is 4.90 Å². The van der Waals surface area contributed by atoms with Crippen LogP contribution in [0.3, 0.4) is 0 Å². The molecular weight excluding hydrogens is 426 g/mol. The van der Waals surface area contributed by atoms with Crippen LogP contribution in [0, 0.1) is 11.8 Å². The second-order valence-corrected chi connectivity index (χ2v) is 11.7. The monoisotopic (exact) mass is 461 g/mol. The molecule has 3 atom stereocenters. The van der Waals surface area contributed by atoms with Gasteiger partial charge in [0.25, 0.3) is 5.91 Å². The van der Waals surface area contributed by atoms with Crippen LogP contribution in [0.2, 0.25) is 0 Å². The molecule has 32 heavy (non-hydrogen) atoms. The van der Waals surface area contributed by atoms with Crippen LogP contribution < -0.4 is 0 Å². The molecule has 3 heterocycles. The van der Waals surface area contributed by atoms with Gasteiger partial charge >= 0.3 is 0 Å². The molecule has 3 aliphatic rings. The summed E-state index contributed by atoms with van der Waals surface area (Å²) in [6.07, 6.45) is 6.43. The number of hydrogen-bond acceptors (Lipinski definition) is 5. The van der Waals surface area contributed by atoms with Crippen LogP contribution in [0.15, 0.2) is 24.3 Å². The minimum absolute atomic E-state index is 0.0488. The van der Waals surface area contributed by atoms with Gasteiger partial charge in [-0.3, -0.25) is 9.59 Å². The first-order valence-corrected chi connectivity index (χ1v) is 13.7. The van der Waals surface area contributed by atoms with Crippen molar-refractivity contribution in [3.8, 4) is 0 Å². The van der Waals surface area contributed by atoms with E-state index in [1.165, 1.54) is 37.9 Å². The predicted octanol–water partition coefficient (Wildman–Crippen LogP) is 2.37. The van der Waals surface area contributed by atoms with E-state index in [4.69, 9.17) is 0 Å². The summed E-state index contributed by atoms with van der Waals surface area (Å²) in [5, 5.41) is 0. The van der Waals surface area contributed by atoms with E-state index in [2.05, 4.69) is 4.90 Å². The molecule has 176 valence electrons. The number of sulfonamides is 1. The Kier molecular flexibility index (Phi) is 6.63. The summed E-state index contributed by atoms with van der Waals surface area (Å²) in [4.78, 5) is 30.6. The van der Waals surface area contributed by atoms with Crippen LogP contribution >= 0.6 is 0 Å². The van der Waals surface area contributed by atoms with Crippen molar-refractivity contribution in [2.45, 2.75) is 58.0 Å². The summed E-state index contributed by atoms with van der Waals surface area (Å²) in [5.41, 5.74) is 1.81. The zero-order valence-corrected chi connectivity index (χ0v) is 20.2. The molecule has 0 radical (unpaired) electrons. The van der Waals surface area contributed by atoms with E-state index in [9.17, 15) is 18.0 Å². The van der Waals surface area contributed by atoms with Crippen LogP contribution in [-0.2, 0) is 21.2 Å². The Hall–Kier alpha value is -1.93. The van der Waals surface area contributed by atoms with Gasteiger partial charge in [-0.2, -0.15) is 0 Å². The Morgan fingerprint density at radius 1 is 1.06 bits per heavy atom. The van der Waals surface area contributed by atoms with Crippen molar-refractivity contribution in [2.24, 2.45) is 11.8 Å². The number of benzene rings is 1. The maximum Gasteiger partial charge on any atom is 0.254 e. The lowest BCUT2D eigenvalue weighted by Crippen LogP contribution is -2.44. The number of rotatable bonds is 6. The minimum Gasteiger partial charge on any atom is -0.333 e. The normalized spacial score (nSPS) is 26.8. The maximum atomic E-state index is 13.4. The summed E-state index contributed by atoms with van der Waals surface area (Å²) >= 11 is 0. The number of carbonyl (C=O) groups is 2. The minimum atomic E-state index is -3.67. The van der Waals surface area contributed by atoms with Crippen LogP contribution in [0.1, 0.15) is 55.5 Å². The summed E-state index contributed by atoms with van der Waals surface area (Å²) < 4.78 is 25.7. The van der Waals surface area contributed by atoms with Gasteiger partial charge < -0.3 is 9.80 Å². The highest BCUT2D eigenvalue weighted by atomic mass is 32.2. The third kappa shape index (κ3) is 4.44. The third-order valence-corrected chi connectivity index (χ3v) is 8.46. The molecule has 4 rings (SSSR count). The smallest absolute Gasteiger partial charge is 0.254 e. The zero-order chi connectivity index (χ0) is 23.0. The molecule has 0 bridgehead atoms. The van der Waals surface area contributed by atoms with Crippen molar-refractivity contribution >= 4 is 21.8 Å². The molecule has 0 aromatic heterocycles. The first kappa shape index (κ1) is 23.2. The number of likely N-dealkylation sites (tertiary alicyclic amines) is 2. The lowest BCUT2D eigenvalue weighted by atomic mass is 9.88. The largest absolute Gasteiger partial charge is 0.333 e. The van der Waals surface area contributed by atoms with E-state index < -0.39 is 28.0 Å². The quantitative estimate of drug-likeness (QED) is 0.650. The number of fused-ring (bicyclic) bond motifs is 1. The summed E-state index contributed by atoms with van der Waals surface area (Å²) in [6.45, 7) is 7.70. The fraction of sp³-hybridized carbons (Fsp3) is 0.667. The number of piperidine rings is 1. The highest BCUT2D eigenvalue weighted by molar-refractivity contribution is 7.88. The van der Waals surface area contributed by atoms with E-state index in [0.717, 1.165) is 23.5 Å². The molecule has 0 spiro atoms. The summed E-state index contributed by atoms with van der Waals surface area (Å²) in [7, 11) is -3.67. The van der Waals surface area contributed by atoms with Crippen molar-refractivity contribution in [2.75, 3.05) is 32.4 Å². The average Bonchev–Trinajstić information content (AvgIpc) is 3.28. The van der Waals surface area contributed by atoms with Crippen molar-refractivity contribution in [3.05, 3.63) is 35.4 Å². The number of amides is 2. The zero-order valence-electron chi connectivity index (χ0n) is 19.4. The van der Waals surface area contributed by atoms with Gasteiger partial charge in [0.2, 0.25) is 15.9 Å².